The van der Waals surface area contributed by atoms with Crippen molar-refractivity contribution < 1.29 is 0 Å². The Morgan fingerprint density at radius 1 is 0.800 bits per heavy atom. The largest absolute Gasteiger partial charge is 0.316 e. The second kappa shape index (κ2) is 15.7. The minimum Gasteiger partial charge on any atom is -0.316 e. The SMILES string of the molecule is CCCCCCCCCCCCC(CSC(C)C)NC. The first-order valence-corrected chi connectivity index (χ1v) is 10.0. The number of hydrogen-bond acceptors (Lipinski definition) is 2. The van der Waals surface area contributed by atoms with Gasteiger partial charge in [0.1, 0.15) is 0 Å². The summed E-state index contributed by atoms with van der Waals surface area (Å²) >= 11 is 2.08. The van der Waals surface area contributed by atoms with Crippen LogP contribution in [-0.4, -0.2) is 24.1 Å². The lowest BCUT2D eigenvalue weighted by atomic mass is 10.0. The molecule has 0 aromatic heterocycles. The van der Waals surface area contributed by atoms with Gasteiger partial charge in [-0.25, -0.2) is 0 Å². The van der Waals surface area contributed by atoms with Gasteiger partial charge in [-0.15, -0.1) is 0 Å². The monoisotopic (exact) mass is 301 g/mol. The molecule has 0 bridgehead atoms. The Morgan fingerprint density at radius 2 is 1.30 bits per heavy atom. The van der Waals surface area contributed by atoms with Crippen molar-refractivity contribution in [3.8, 4) is 0 Å². The van der Waals surface area contributed by atoms with Crippen LogP contribution in [0.15, 0.2) is 0 Å². The van der Waals surface area contributed by atoms with Gasteiger partial charge >= 0.3 is 0 Å². The molecule has 0 saturated carbocycles. The molecular weight excluding hydrogens is 262 g/mol. The molecule has 0 saturated heterocycles. The van der Waals surface area contributed by atoms with E-state index in [1.165, 1.54) is 76.4 Å². The van der Waals surface area contributed by atoms with Gasteiger partial charge in [0, 0.05) is 11.8 Å². The van der Waals surface area contributed by atoms with E-state index in [9.17, 15) is 0 Å². The van der Waals surface area contributed by atoms with Crippen molar-refractivity contribution in [2.24, 2.45) is 0 Å². The van der Waals surface area contributed by atoms with Gasteiger partial charge in [-0.1, -0.05) is 85.0 Å². The highest BCUT2D eigenvalue weighted by Gasteiger charge is 2.06. The quantitative estimate of drug-likeness (QED) is 0.371. The van der Waals surface area contributed by atoms with E-state index in [0.717, 1.165) is 11.3 Å². The molecule has 0 aliphatic carbocycles. The molecule has 2 heteroatoms. The third kappa shape index (κ3) is 14.7. The Kier molecular flexibility index (Phi) is 15.9. The first-order chi connectivity index (χ1) is 9.70. The van der Waals surface area contributed by atoms with Crippen LogP contribution < -0.4 is 5.32 Å². The van der Waals surface area contributed by atoms with Crippen molar-refractivity contribution in [2.75, 3.05) is 12.8 Å². The highest BCUT2D eigenvalue weighted by Crippen LogP contribution is 2.15. The number of hydrogen-bond donors (Lipinski definition) is 1. The fourth-order valence-corrected chi connectivity index (χ4v) is 3.45. The molecule has 0 heterocycles. The van der Waals surface area contributed by atoms with E-state index < -0.39 is 0 Å². The van der Waals surface area contributed by atoms with Gasteiger partial charge in [0.05, 0.1) is 0 Å². The molecule has 1 N–H and O–H groups in total. The van der Waals surface area contributed by atoms with E-state index in [4.69, 9.17) is 0 Å². The van der Waals surface area contributed by atoms with Crippen LogP contribution in [0.4, 0.5) is 0 Å². The lowest BCUT2D eigenvalue weighted by Crippen LogP contribution is -2.28. The Balaban J connectivity index is 3.24. The van der Waals surface area contributed by atoms with Crippen LogP contribution in [-0.2, 0) is 0 Å². The number of thioether (sulfide) groups is 1. The van der Waals surface area contributed by atoms with E-state index in [-0.39, 0.29) is 0 Å². The van der Waals surface area contributed by atoms with Gasteiger partial charge in [0.2, 0.25) is 0 Å². The first-order valence-electron chi connectivity index (χ1n) is 8.99. The molecule has 0 aliphatic heterocycles. The van der Waals surface area contributed by atoms with Crippen molar-refractivity contribution in [1.29, 1.82) is 0 Å². The van der Waals surface area contributed by atoms with E-state index in [0.29, 0.717) is 0 Å². The summed E-state index contributed by atoms with van der Waals surface area (Å²) in [6.07, 6.45) is 15.7. The molecule has 0 spiro atoms. The maximum atomic E-state index is 3.47. The smallest absolute Gasteiger partial charge is 0.0155 e. The van der Waals surface area contributed by atoms with Crippen molar-refractivity contribution in [3.63, 3.8) is 0 Å². The van der Waals surface area contributed by atoms with E-state index in [1.54, 1.807) is 0 Å². The molecule has 0 amide bonds. The van der Waals surface area contributed by atoms with Crippen molar-refractivity contribution in [3.05, 3.63) is 0 Å². The standard InChI is InChI=1S/C18H39NS/c1-5-6-7-8-9-10-11-12-13-14-15-18(19-4)16-20-17(2)3/h17-19H,5-16H2,1-4H3. The molecule has 0 radical (unpaired) electrons. The van der Waals surface area contributed by atoms with Gasteiger partial charge in [-0.3, -0.25) is 0 Å². The predicted octanol–water partition coefficient (Wildman–Crippen LogP) is 6.03. The molecule has 1 nitrogen and oxygen atoms in total. The van der Waals surface area contributed by atoms with Crippen LogP contribution in [0.25, 0.3) is 0 Å². The summed E-state index contributed by atoms with van der Waals surface area (Å²) in [5.74, 6) is 1.27. The fraction of sp³-hybridized carbons (Fsp3) is 1.00. The van der Waals surface area contributed by atoms with Crippen LogP contribution in [0.5, 0.6) is 0 Å². The normalized spacial score (nSPS) is 13.1. The summed E-state index contributed by atoms with van der Waals surface area (Å²) in [4.78, 5) is 0. The molecule has 20 heavy (non-hydrogen) atoms. The van der Waals surface area contributed by atoms with Gasteiger partial charge in [-0.05, 0) is 18.7 Å². The van der Waals surface area contributed by atoms with Crippen LogP contribution in [0, 0.1) is 0 Å². The molecule has 1 atom stereocenters. The lowest BCUT2D eigenvalue weighted by Gasteiger charge is -2.16. The first kappa shape index (κ1) is 20.3. The molecule has 0 aliphatic rings. The molecule has 0 rings (SSSR count). The number of unbranched alkanes of at least 4 members (excludes halogenated alkanes) is 9. The van der Waals surface area contributed by atoms with Crippen molar-refractivity contribution >= 4 is 11.8 Å². The number of nitrogens with one attached hydrogen (secondary N) is 1. The van der Waals surface area contributed by atoms with Crippen LogP contribution in [0.2, 0.25) is 0 Å². The summed E-state index contributed by atoms with van der Waals surface area (Å²) in [6, 6.07) is 0.719. The molecular formula is C18H39NS. The maximum absolute atomic E-state index is 3.47. The molecule has 0 fully saturated rings. The lowest BCUT2D eigenvalue weighted by molar-refractivity contribution is 0.506. The summed E-state index contributed by atoms with van der Waals surface area (Å²) in [7, 11) is 2.11. The molecule has 0 aromatic rings. The van der Waals surface area contributed by atoms with Crippen LogP contribution in [0.3, 0.4) is 0 Å². The minimum absolute atomic E-state index is 0.719. The highest BCUT2D eigenvalue weighted by molar-refractivity contribution is 7.99. The van der Waals surface area contributed by atoms with E-state index in [1.807, 2.05) is 0 Å². The van der Waals surface area contributed by atoms with Gasteiger partial charge in [-0.2, -0.15) is 11.8 Å². The zero-order valence-electron chi connectivity index (χ0n) is 14.5. The molecule has 0 aromatic carbocycles. The van der Waals surface area contributed by atoms with Crippen LogP contribution >= 0.6 is 11.8 Å². The summed E-state index contributed by atoms with van der Waals surface area (Å²) < 4.78 is 0. The topological polar surface area (TPSA) is 12.0 Å². The summed E-state index contributed by atoms with van der Waals surface area (Å²) in [5.41, 5.74) is 0. The average molecular weight is 302 g/mol. The third-order valence-corrected chi connectivity index (χ3v) is 5.21. The van der Waals surface area contributed by atoms with Gasteiger partial charge < -0.3 is 5.32 Å². The fourth-order valence-electron chi connectivity index (χ4n) is 2.50. The summed E-state index contributed by atoms with van der Waals surface area (Å²) in [5, 5.41) is 4.23. The second-order valence-corrected chi connectivity index (χ2v) is 7.95. The Morgan fingerprint density at radius 3 is 1.75 bits per heavy atom. The Labute approximate surface area is 133 Å². The Hall–Kier alpha value is 0.310. The summed E-state index contributed by atoms with van der Waals surface area (Å²) in [6.45, 7) is 6.87. The Bertz CT molecular complexity index is 182. The maximum Gasteiger partial charge on any atom is 0.0155 e. The minimum atomic E-state index is 0.719. The van der Waals surface area contributed by atoms with Gasteiger partial charge in [0.25, 0.3) is 0 Å². The van der Waals surface area contributed by atoms with Crippen molar-refractivity contribution in [1.82, 2.24) is 5.32 Å². The average Bonchev–Trinajstić information content (AvgIpc) is 2.44. The molecule has 1 unspecified atom stereocenters. The zero-order valence-corrected chi connectivity index (χ0v) is 15.4. The van der Waals surface area contributed by atoms with E-state index >= 15 is 0 Å². The third-order valence-electron chi connectivity index (χ3n) is 3.95. The van der Waals surface area contributed by atoms with E-state index in [2.05, 4.69) is 44.9 Å². The second-order valence-electron chi connectivity index (χ2n) is 6.34. The number of rotatable bonds is 15. The zero-order chi connectivity index (χ0) is 15.1. The van der Waals surface area contributed by atoms with Gasteiger partial charge in [0.15, 0.2) is 0 Å². The molecule has 122 valence electrons. The van der Waals surface area contributed by atoms with Crippen molar-refractivity contribution in [2.45, 2.75) is 103 Å². The van der Waals surface area contributed by atoms with Crippen LogP contribution in [0.1, 0.15) is 91.4 Å². The highest BCUT2D eigenvalue weighted by atomic mass is 32.2. The predicted molar refractivity (Wildman–Crippen MR) is 96.9 cm³/mol.